The highest BCUT2D eigenvalue weighted by Gasteiger charge is 2.29. The lowest BCUT2D eigenvalue weighted by Gasteiger charge is -2.35. The second-order valence-corrected chi connectivity index (χ2v) is 6.31. The quantitative estimate of drug-likeness (QED) is 0.730. The predicted octanol–water partition coefficient (Wildman–Crippen LogP) is 1.39. The van der Waals surface area contributed by atoms with Gasteiger partial charge in [0.05, 0.1) is 36.9 Å². The summed E-state index contributed by atoms with van der Waals surface area (Å²) in [5, 5.41) is 0. The van der Waals surface area contributed by atoms with Crippen molar-refractivity contribution in [3.63, 3.8) is 0 Å². The van der Waals surface area contributed by atoms with Crippen LogP contribution in [-0.4, -0.2) is 66.2 Å². The first-order valence-electron chi connectivity index (χ1n) is 7.64. The maximum Gasteiger partial charge on any atom is 0.311 e. The molecule has 0 spiro atoms. The molecule has 2 heterocycles. The molecule has 126 valence electrons. The van der Waals surface area contributed by atoms with Crippen LogP contribution in [0.2, 0.25) is 0 Å². The Morgan fingerprint density at radius 2 is 2.30 bits per heavy atom. The molecule has 1 aromatic rings. The van der Waals surface area contributed by atoms with Gasteiger partial charge in [0.2, 0.25) is 0 Å². The lowest BCUT2D eigenvalue weighted by molar-refractivity contribution is -0.142. The van der Waals surface area contributed by atoms with Gasteiger partial charge >= 0.3 is 5.97 Å². The van der Waals surface area contributed by atoms with Crippen LogP contribution in [0.15, 0.2) is 18.3 Å². The molecule has 6 nitrogen and oxygen atoms in total. The third kappa shape index (κ3) is 4.68. The number of methoxy groups -OCH3 is 1. The van der Waals surface area contributed by atoms with Crippen molar-refractivity contribution in [2.24, 2.45) is 0 Å². The maximum atomic E-state index is 12.9. The highest BCUT2D eigenvalue weighted by molar-refractivity contribution is 7.99. The monoisotopic (exact) mass is 338 g/mol. The van der Waals surface area contributed by atoms with E-state index in [4.69, 9.17) is 9.47 Å². The fraction of sp³-hybridized carbons (Fsp3) is 0.562. The van der Waals surface area contributed by atoms with Crippen LogP contribution in [0.5, 0.6) is 0 Å². The summed E-state index contributed by atoms with van der Waals surface area (Å²) in [5.41, 5.74) is 0.930. The smallest absolute Gasteiger partial charge is 0.311 e. The van der Waals surface area contributed by atoms with Gasteiger partial charge in [-0.1, -0.05) is 0 Å². The molecule has 1 aromatic heterocycles. The number of amides is 1. The number of rotatable bonds is 6. The number of nitrogens with zero attached hydrogens (tertiary/aromatic N) is 2. The van der Waals surface area contributed by atoms with E-state index in [2.05, 4.69) is 4.98 Å². The average Bonchev–Trinajstić information content (AvgIpc) is 2.56. The second-order valence-electron chi connectivity index (χ2n) is 5.16. The third-order valence-electron chi connectivity index (χ3n) is 3.59. The summed E-state index contributed by atoms with van der Waals surface area (Å²) in [6, 6.07) is 3.48. The summed E-state index contributed by atoms with van der Waals surface area (Å²) in [4.78, 5) is 30.7. The van der Waals surface area contributed by atoms with Crippen LogP contribution >= 0.6 is 11.8 Å². The number of carbonyl (C=O) groups excluding carboxylic acids is 2. The van der Waals surface area contributed by atoms with Crippen LogP contribution < -0.4 is 0 Å². The van der Waals surface area contributed by atoms with E-state index in [1.54, 1.807) is 32.4 Å². The first-order valence-corrected chi connectivity index (χ1v) is 8.80. The van der Waals surface area contributed by atoms with Gasteiger partial charge in [0.1, 0.15) is 0 Å². The summed E-state index contributed by atoms with van der Waals surface area (Å²) in [6.07, 6.45) is 1.59. The number of carbonyl (C=O) groups is 2. The highest BCUT2D eigenvalue weighted by Crippen LogP contribution is 2.20. The van der Waals surface area contributed by atoms with Gasteiger partial charge < -0.3 is 14.4 Å². The summed E-state index contributed by atoms with van der Waals surface area (Å²) < 4.78 is 10.2. The summed E-state index contributed by atoms with van der Waals surface area (Å²) in [6.45, 7) is 3.24. The number of pyridine rings is 1. The van der Waals surface area contributed by atoms with Crippen LogP contribution in [0.1, 0.15) is 23.0 Å². The summed E-state index contributed by atoms with van der Waals surface area (Å²) >= 11 is 1.82. The SMILES string of the molecule is CCOC(=O)Cc1ncccc1C(=O)N1CCSCC1COC. The van der Waals surface area contributed by atoms with Gasteiger partial charge in [-0.3, -0.25) is 14.6 Å². The Hall–Kier alpha value is -1.60. The lowest BCUT2D eigenvalue weighted by atomic mass is 10.1. The molecule has 1 aliphatic heterocycles. The minimum absolute atomic E-state index is 0.00723. The number of aromatic nitrogens is 1. The van der Waals surface area contributed by atoms with Gasteiger partial charge in [0.25, 0.3) is 5.91 Å². The van der Waals surface area contributed by atoms with E-state index in [9.17, 15) is 9.59 Å². The van der Waals surface area contributed by atoms with Crippen molar-refractivity contribution in [2.75, 3.05) is 38.4 Å². The van der Waals surface area contributed by atoms with Crippen LogP contribution in [0, 0.1) is 0 Å². The average molecular weight is 338 g/mol. The van der Waals surface area contributed by atoms with Gasteiger partial charge in [-0.25, -0.2) is 0 Å². The van der Waals surface area contributed by atoms with Crippen LogP contribution in [0.25, 0.3) is 0 Å². The zero-order valence-electron chi connectivity index (χ0n) is 13.5. The highest BCUT2D eigenvalue weighted by atomic mass is 32.2. The molecule has 1 atom stereocenters. The van der Waals surface area contributed by atoms with Crippen molar-refractivity contribution >= 4 is 23.6 Å². The normalized spacial score (nSPS) is 17.8. The Labute approximate surface area is 140 Å². The van der Waals surface area contributed by atoms with Crippen molar-refractivity contribution < 1.29 is 19.1 Å². The molecular formula is C16H22N2O4S. The number of esters is 1. The maximum absolute atomic E-state index is 12.9. The third-order valence-corrected chi connectivity index (χ3v) is 4.68. The Morgan fingerprint density at radius 3 is 3.04 bits per heavy atom. The Morgan fingerprint density at radius 1 is 1.48 bits per heavy atom. The van der Waals surface area contributed by atoms with Crippen molar-refractivity contribution in [2.45, 2.75) is 19.4 Å². The van der Waals surface area contributed by atoms with Crippen molar-refractivity contribution in [1.82, 2.24) is 9.88 Å². The lowest BCUT2D eigenvalue weighted by Crippen LogP contribution is -2.48. The molecular weight excluding hydrogens is 316 g/mol. The molecule has 0 bridgehead atoms. The zero-order chi connectivity index (χ0) is 16.7. The van der Waals surface area contributed by atoms with Crippen molar-refractivity contribution in [3.8, 4) is 0 Å². The van der Waals surface area contributed by atoms with Gasteiger partial charge in [-0.05, 0) is 19.1 Å². The summed E-state index contributed by atoms with van der Waals surface area (Å²) in [5.74, 6) is 1.29. The first-order chi connectivity index (χ1) is 11.2. The molecule has 0 aromatic carbocycles. The van der Waals surface area contributed by atoms with E-state index in [0.717, 1.165) is 11.5 Å². The van der Waals surface area contributed by atoms with Gasteiger partial charge in [0, 0.05) is 31.4 Å². The minimum atomic E-state index is -0.372. The van der Waals surface area contributed by atoms with Gasteiger partial charge in [0.15, 0.2) is 0 Å². The van der Waals surface area contributed by atoms with Crippen molar-refractivity contribution in [3.05, 3.63) is 29.6 Å². The summed E-state index contributed by atoms with van der Waals surface area (Å²) in [7, 11) is 1.64. The number of hydrogen-bond acceptors (Lipinski definition) is 6. The van der Waals surface area contributed by atoms with E-state index in [1.807, 2.05) is 16.7 Å². The van der Waals surface area contributed by atoms with Gasteiger partial charge in [-0.15, -0.1) is 0 Å². The largest absolute Gasteiger partial charge is 0.466 e. The van der Waals surface area contributed by atoms with Crippen LogP contribution in [0.4, 0.5) is 0 Å². The topological polar surface area (TPSA) is 68.7 Å². The van der Waals surface area contributed by atoms with Crippen molar-refractivity contribution in [1.29, 1.82) is 0 Å². The zero-order valence-corrected chi connectivity index (χ0v) is 14.3. The molecule has 23 heavy (non-hydrogen) atoms. The molecule has 0 N–H and O–H groups in total. The molecule has 1 unspecified atom stereocenters. The molecule has 1 aliphatic rings. The Bertz CT molecular complexity index is 551. The predicted molar refractivity (Wildman–Crippen MR) is 88.6 cm³/mol. The number of thioether (sulfide) groups is 1. The molecule has 1 amide bonds. The van der Waals surface area contributed by atoms with E-state index in [-0.39, 0.29) is 24.3 Å². The van der Waals surface area contributed by atoms with E-state index in [1.165, 1.54) is 0 Å². The van der Waals surface area contributed by atoms with E-state index < -0.39 is 0 Å². The first kappa shape index (κ1) is 17.7. The van der Waals surface area contributed by atoms with Crippen LogP contribution in [-0.2, 0) is 20.7 Å². The standard InChI is InChI=1S/C16H22N2O4S/c1-3-22-15(19)9-14-13(5-4-6-17-14)16(20)18-7-8-23-11-12(18)10-21-2/h4-6,12H,3,7-11H2,1-2H3. The van der Waals surface area contributed by atoms with Gasteiger partial charge in [-0.2, -0.15) is 11.8 Å². The van der Waals surface area contributed by atoms with E-state index >= 15 is 0 Å². The second kappa shape index (κ2) is 8.88. The molecule has 0 saturated carbocycles. The number of ether oxygens (including phenoxy) is 2. The molecule has 2 rings (SSSR count). The number of hydrogen-bond donors (Lipinski definition) is 0. The molecule has 1 saturated heterocycles. The minimum Gasteiger partial charge on any atom is -0.466 e. The fourth-order valence-electron chi connectivity index (χ4n) is 2.53. The molecule has 7 heteroatoms. The van der Waals surface area contributed by atoms with Crippen LogP contribution in [0.3, 0.4) is 0 Å². The fourth-order valence-corrected chi connectivity index (χ4v) is 3.57. The van der Waals surface area contributed by atoms with E-state index in [0.29, 0.717) is 31.0 Å². The Kier molecular flexibility index (Phi) is 6.85. The molecule has 0 radical (unpaired) electrons. The Balaban J connectivity index is 2.19. The molecule has 0 aliphatic carbocycles. The molecule has 1 fully saturated rings.